The molecule has 0 saturated heterocycles. The summed E-state index contributed by atoms with van der Waals surface area (Å²) in [6.45, 7) is 6.18. The van der Waals surface area contributed by atoms with Crippen LogP contribution in [0.1, 0.15) is 54.6 Å². The molecular formula is C17H20N4O2S. The van der Waals surface area contributed by atoms with E-state index in [9.17, 15) is 0 Å². The molecule has 0 fully saturated rings. The molecule has 1 atom stereocenters. The molecule has 1 N–H and O–H groups in total. The Bertz CT molecular complexity index is 812. The van der Waals surface area contributed by atoms with Crippen molar-refractivity contribution >= 4 is 11.3 Å². The van der Waals surface area contributed by atoms with Gasteiger partial charge in [-0.25, -0.2) is 0 Å². The standard InChI is InChI=1S/C17H20N4O2S/c1-10(2)16-19-20-17(24-16)13-5-12(7-18-8-13)4-11(3)15-6-14(9-22)21-23-15/h5-8,10-11,22H,4,9H2,1-3H3. The van der Waals surface area contributed by atoms with Crippen molar-refractivity contribution in [2.75, 3.05) is 0 Å². The molecule has 126 valence electrons. The van der Waals surface area contributed by atoms with E-state index < -0.39 is 0 Å². The number of aliphatic hydroxyl groups excluding tert-OH is 1. The van der Waals surface area contributed by atoms with Gasteiger partial charge in [0.05, 0.1) is 6.61 Å². The molecule has 0 amide bonds. The third kappa shape index (κ3) is 3.68. The second kappa shape index (κ2) is 7.19. The molecule has 0 aliphatic heterocycles. The molecule has 24 heavy (non-hydrogen) atoms. The Hall–Kier alpha value is -2.12. The van der Waals surface area contributed by atoms with Crippen LogP contribution in [0.15, 0.2) is 29.0 Å². The number of hydrogen-bond acceptors (Lipinski definition) is 7. The first kappa shape index (κ1) is 16.7. The van der Waals surface area contributed by atoms with Gasteiger partial charge in [0.25, 0.3) is 0 Å². The summed E-state index contributed by atoms with van der Waals surface area (Å²) >= 11 is 1.61. The van der Waals surface area contributed by atoms with Crippen molar-refractivity contribution < 1.29 is 9.63 Å². The van der Waals surface area contributed by atoms with Gasteiger partial charge < -0.3 is 9.63 Å². The highest BCUT2D eigenvalue weighted by atomic mass is 32.1. The van der Waals surface area contributed by atoms with Crippen LogP contribution in [0.2, 0.25) is 0 Å². The Morgan fingerprint density at radius 3 is 2.67 bits per heavy atom. The van der Waals surface area contributed by atoms with Crippen LogP contribution in [-0.4, -0.2) is 25.4 Å². The average Bonchev–Trinajstić information content (AvgIpc) is 3.24. The van der Waals surface area contributed by atoms with Crippen molar-refractivity contribution in [3.8, 4) is 10.6 Å². The lowest BCUT2D eigenvalue weighted by Gasteiger charge is -2.08. The lowest BCUT2D eigenvalue weighted by atomic mass is 9.99. The molecule has 7 heteroatoms. The summed E-state index contributed by atoms with van der Waals surface area (Å²) in [4.78, 5) is 4.34. The third-order valence-electron chi connectivity index (χ3n) is 3.74. The van der Waals surface area contributed by atoms with Crippen molar-refractivity contribution in [2.45, 2.75) is 45.6 Å². The maximum atomic E-state index is 9.08. The largest absolute Gasteiger partial charge is 0.390 e. The monoisotopic (exact) mass is 344 g/mol. The molecule has 3 aromatic rings. The zero-order valence-electron chi connectivity index (χ0n) is 13.9. The molecule has 0 aliphatic rings. The second-order valence-electron chi connectivity index (χ2n) is 6.17. The average molecular weight is 344 g/mol. The van der Waals surface area contributed by atoms with E-state index in [1.807, 2.05) is 12.4 Å². The number of aliphatic hydroxyl groups is 1. The molecule has 0 radical (unpaired) electrons. The van der Waals surface area contributed by atoms with Crippen LogP contribution >= 0.6 is 11.3 Å². The maximum Gasteiger partial charge on any atom is 0.149 e. The van der Waals surface area contributed by atoms with Gasteiger partial charge in [-0.2, -0.15) is 0 Å². The van der Waals surface area contributed by atoms with Gasteiger partial charge in [0.1, 0.15) is 21.5 Å². The Morgan fingerprint density at radius 2 is 2.00 bits per heavy atom. The number of nitrogens with zero attached hydrogens (tertiary/aromatic N) is 4. The topological polar surface area (TPSA) is 84.9 Å². The molecular weight excluding hydrogens is 324 g/mol. The summed E-state index contributed by atoms with van der Waals surface area (Å²) in [5.41, 5.74) is 2.64. The number of aromatic nitrogens is 4. The lowest BCUT2D eigenvalue weighted by Crippen LogP contribution is -1.98. The fraction of sp³-hybridized carbons (Fsp3) is 0.412. The van der Waals surface area contributed by atoms with E-state index in [0.29, 0.717) is 11.6 Å². The van der Waals surface area contributed by atoms with Crippen molar-refractivity contribution in [1.82, 2.24) is 20.3 Å². The van der Waals surface area contributed by atoms with Crippen LogP contribution in [0.4, 0.5) is 0 Å². The minimum absolute atomic E-state index is 0.109. The van der Waals surface area contributed by atoms with Gasteiger partial charge in [-0.05, 0) is 18.1 Å². The van der Waals surface area contributed by atoms with E-state index in [4.69, 9.17) is 9.63 Å². The second-order valence-corrected chi connectivity index (χ2v) is 7.18. The Kier molecular flexibility index (Phi) is 5.01. The minimum atomic E-state index is -0.109. The molecule has 0 spiro atoms. The van der Waals surface area contributed by atoms with E-state index in [1.165, 1.54) is 0 Å². The normalized spacial score (nSPS) is 12.7. The summed E-state index contributed by atoms with van der Waals surface area (Å²) in [6.07, 6.45) is 4.45. The molecule has 0 bridgehead atoms. The van der Waals surface area contributed by atoms with Crippen molar-refractivity contribution in [1.29, 1.82) is 0 Å². The molecule has 3 rings (SSSR count). The summed E-state index contributed by atoms with van der Waals surface area (Å²) in [5.74, 6) is 1.29. The van der Waals surface area contributed by atoms with Crippen molar-refractivity contribution in [3.63, 3.8) is 0 Å². The smallest absolute Gasteiger partial charge is 0.149 e. The first-order valence-electron chi connectivity index (χ1n) is 7.91. The third-order valence-corrected chi connectivity index (χ3v) is 5.02. The highest BCUT2D eigenvalue weighted by Gasteiger charge is 2.15. The lowest BCUT2D eigenvalue weighted by molar-refractivity contribution is 0.264. The molecule has 3 aromatic heterocycles. The molecule has 0 aromatic carbocycles. The first-order chi connectivity index (χ1) is 11.6. The van der Waals surface area contributed by atoms with E-state index in [0.717, 1.165) is 33.3 Å². The minimum Gasteiger partial charge on any atom is -0.390 e. The van der Waals surface area contributed by atoms with E-state index in [-0.39, 0.29) is 12.5 Å². The highest BCUT2D eigenvalue weighted by Crippen LogP contribution is 2.28. The van der Waals surface area contributed by atoms with Gasteiger partial charge in [0.15, 0.2) is 0 Å². The summed E-state index contributed by atoms with van der Waals surface area (Å²) < 4.78 is 5.28. The van der Waals surface area contributed by atoms with E-state index >= 15 is 0 Å². The SMILES string of the molecule is CC(C)c1nnc(-c2cncc(CC(C)c3cc(CO)no3)c2)s1. The van der Waals surface area contributed by atoms with Gasteiger partial charge in [0.2, 0.25) is 0 Å². The number of hydrogen-bond donors (Lipinski definition) is 1. The highest BCUT2D eigenvalue weighted by molar-refractivity contribution is 7.14. The molecule has 6 nitrogen and oxygen atoms in total. The van der Waals surface area contributed by atoms with Crippen LogP contribution in [0.5, 0.6) is 0 Å². The van der Waals surface area contributed by atoms with Crippen LogP contribution in [0.3, 0.4) is 0 Å². The summed E-state index contributed by atoms with van der Waals surface area (Å²) in [7, 11) is 0. The quantitative estimate of drug-likeness (QED) is 0.736. The first-order valence-corrected chi connectivity index (χ1v) is 8.72. The summed E-state index contributed by atoms with van der Waals surface area (Å²) in [6, 6.07) is 3.89. The maximum absolute atomic E-state index is 9.08. The summed E-state index contributed by atoms with van der Waals surface area (Å²) in [5, 5.41) is 23.3. The zero-order valence-corrected chi connectivity index (χ0v) is 14.7. The van der Waals surface area contributed by atoms with Gasteiger partial charge in [0, 0.05) is 35.9 Å². The molecule has 0 saturated carbocycles. The van der Waals surface area contributed by atoms with Crippen LogP contribution < -0.4 is 0 Å². The number of pyridine rings is 1. The zero-order chi connectivity index (χ0) is 17.1. The predicted octanol–water partition coefficient (Wildman–Crippen LogP) is 3.55. The number of rotatable bonds is 6. The van der Waals surface area contributed by atoms with Crippen LogP contribution in [-0.2, 0) is 13.0 Å². The van der Waals surface area contributed by atoms with Gasteiger partial charge in [-0.1, -0.05) is 37.3 Å². The fourth-order valence-corrected chi connectivity index (χ4v) is 3.22. The molecule has 3 heterocycles. The predicted molar refractivity (Wildman–Crippen MR) is 91.8 cm³/mol. The van der Waals surface area contributed by atoms with Crippen LogP contribution in [0, 0.1) is 0 Å². The van der Waals surface area contributed by atoms with Gasteiger partial charge >= 0.3 is 0 Å². The van der Waals surface area contributed by atoms with Gasteiger partial charge in [-0.15, -0.1) is 10.2 Å². The van der Waals surface area contributed by atoms with Crippen molar-refractivity contribution in [2.24, 2.45) is 0 Å². The van der Waals surface area contributed by atoms with E-state index in [2.05, 4.69) is 47.2 Å². The molecule has 1 unspecified atom stereocenters. The Balaban J connectivity index is 1.77. The Morgan fingerprint density at radius 1 is 1.17 bits per heavy atom. The molecule has 0 aliphatic carbocycles. The van der Waals surface area contributed by atoms with E-state index in [1.54, 1.807) is 17.4 Å². The van der Waals surface area contributed by atoms with Crippen molar-refractivity contribution in [3.05, 3.63) is 46.6 Å². The van der Waals surface area contributed by atoms with Crippen LogP contribution in [0.25, 0.3) is 10.6 Å². The fourth-order valence-electron chi connectivity index (χ4n) is 2.39. The van der Waals surface area contributed by atoms with Gasteiger partial charge in [-0.3, -0.25) is 4.98 Å². The Labute approximate surface area is 144 Å².